The summed E-state index contributed by atoms with van der Waals surface area (Å²) in [5, 5.41) is 9.43. The highest BCUT2D eigenvalue weighted by Crippen LogP contribution is 2.56. The molecular formula is C13H15F5O5. The third-order valence-corrected chi connectivity index (χ3v) is 4.17. The standard InChI is InChI=1S/C13H15F5O5/c1-2-9(19)23-8-3-5-10(6-4-8)11(14,15)12(20,13(16,17)18)22-7-21-10/h2,8,20H,1,3-7H2. The van der Waals surface area contributed by atoms with Crippen molar-refractivity contribution >= 4 is 5.97 Å². The van der Waals surface area contributed by atoms with Gasteiger partial charge in [-0.3, -0.25) is 0 Å². The van der Waals surface area contributed by atoms with Crippen molar-refractivity contribution in [3.05, 3.63) is 12.7 Å². The molecule has 1 saturated carbocycles. The zero-order valence-electron chi connectivity index (χ0n) is 11.9. The molecule has 0 aromatic heterocycles. The minimum absolute atomic E-state index is 0.136. The highest BCUT2D eigenvalue weighted by Gasteiger charge is 2.80. The summed E-state index contributed by atoms with van der Waals surface area (Å²) >= 11 is 0. The van der Waals surface area contributed by atoms with Gasteiger partial charge in [-0.25, -0.2) is 4.79 Å². The zero-order chi connectivity index (χ0) is 17.5. The fourth-order valence-electron chi connectivity index (χ4n) is 2.82. The summed E-state index contributed by atoms with van der Waals surface area (Å²) in [6.07, 6.45) is -6.86. The predicted molar refractivity (Wildman–Crippen MR) is 64.3 cm³/mol. The Hall–Kier alpha value is -1.26. The second-order valence-corrected chi connectivity index (χ2v) is 5.46. The summed E-state index contributed by atoms with van der Waals surface area (Å²) in [5.41, 5.74) is -2.54. The number of hydrogen-bond acceptors (Lipinski definition) is 5. The third kappa shape index (κ3) is 2.72. The van der Waals surface area contributed by atoms with E-state index in [9.17, 15) is 31.9 Å². The Morgan fingerprint density at radius 2 is 1.83 bits per heavy atom. The van der Waals surface area contributed by atoms with Crippen molar-refractivity contribution in [3.63, 3.8) is 0 Å². The van der Waals surface area contributed by atoms with Crippen LogP contribution in [0.4, 0.5) is 22.0 Å². The maximum absolute atomic E-state index is 14.4. The maximum atomic E-state index is 14.4. The van der Waals surface area contributed by atoms with Crippen LogP contribution < -0.4 is 0 Å². The molecule has 1 N–H and O–H groups in total. The van der Waals surface area contributed by atoms with Crippen LogP contribution in [-0.2, 0) is 19.0 Å². The monoisotopic (exact) mass is 346 g/mol. The highest BCUT2D eigenvalue weighted by atomic mass is 19.4. The molecule has 23 heavy (non-hydrogen) atoms. The lowest BCUT2D eigenvalue weighted by atomic mass is 9.75. The van der Waals surface area contributed by atoms with Crippen LogP contribution in [0.3, 0.4) is 0 Å². The summed E-state index contributed by atoms with van der Waals surface area (Å²) in [7, 11) is 0. The third-order valence-electron chi connectivity index (χ3n) is 4.17. The Bertz CT molecular complexity index is 484. The molecule has 10 heteroatoms. The molecule has 1 atom stereocenters. The van der Waals surface area contributed by atoms with Crippen LogP contribution in [0, 0.1) is 0 Å². The van der Waals surface area contributed by atoms with Crippen molar-refractivity contribution in [1.29, 1.82) is 0 Å². The molecule has 1 unspecified atom stereocenters. The van der Waals surface area contributed by atoms with Crippen molar-refractivity contribution in [3.8, 4) is 0 Å². The molecule has 2 fully saturated rings. The van der Waals surface area contributed by atoms with E-state index in [1.54, 1.807) is 0 Å². The van der Waals surface area contributed by atoms with Crippen molar-refractivity contribution in [1.82, 2.24) is 0 Å². The maximum Gasteiger partial charge on any atom is 0.449 e. The second-order valence-electron chi connectivity index (χ2n) is 5.46. The van der Waals surface area contributed by atoms with Gasteiger partial charge in [0.25, 0.3) is 0 Å². The number of carbonyl (C=O) groups excluding carboxylic acids is 1. The van der Waals surface area contributed by atoms with E-state index in [4.69, 9.17) is 9.47 Å². The van der Waals surface area contributed by atoms with Crippen molar-refractivity contribution in [2.75, 3.05) is 6.79 Å². The Morgan fingerprint density at radius 1 is 1.26 bits per heavy atom. The first kappa shape index (κ1) is 18.1. The van der Waals surface area contributed by atoms with Crippen LogP contribution in [0.1, 0.15) is 25.7 Å². The van der Waals surface area contributed by atoms with E-state index >= 15 is 0 Å². The van der Waals surface area contributed by atoms with Crippen molar-refractivity contribution < 1.29 is 46.1 Å². The predicted octanol–water partition coefficient (Wildman–Crippen LogP) is 2.29. The SMILES string of the molecule is C=CC(=O)OC1CCC2(CC1)OCOC(O)(C(F)(F)F)C2(F)F. The van der Waals surface area contributed by atoms with E-state index < -0.39 is 55.2 Å². The number of ether oxygens (including phenoxy) is 3. The fraction of sp³-hybridized carbons (Fsp3) is 0.769. The fourth-order valence-corrected chi connectivity index (χ4v) is 2.82. The number of aliphatic hydroxyl groups is 1. The number of hydrogen-bond donors (Lipinski definition) is 1. The summed E-state index contributed by atoms with van der Waals surface area (Å²) in [6.45, 7) is 2.06. The zero-order valence-corrected chi connectivity index (χ0v) is 11.9. The molecule has 1 spiro atoms. The topological polar surface area (TPSA) is 65.0 Å². The Kier molecular flexibility index (Phi) is 4.46. The van der Waals surface area contributed by atoms with E-state index in [1.165, 1.54) is 0 Å². The molecule has 0 aromatic rings. The molecule has 0 amide bonds. The van der Waals surface area contributed by atoms with E-state index in [0.29, 0.717) is 0 Å². The molecule has 0 aromatic carbocycles. The molecule has 5 nitrogen and oxygen atoms in total. The van der Waals surface area contributed by atoms with Crippen LogP contribution in [0.15, 0.2) is 12.7 Å². The van der Waals surface area contributed by atoms with Crippen LogP contribution >= 0.6 is 0 Å². The minimum atomic E-state index is -5.70. The van der Waals surface area contributed by atoms with Crippen molar-refractivity contribution in [2.45, 2.75) is 55.3 Å². The average Bonchev–Trinajstić information content (AvgIpc) is 2.46. The first-order valence-electron chi connectivity index (χ1n) is 6.77. The largest absolute Gasteiger partial charge is 0.459 e. The quantitative estimate of drug-likeness (QED) is 0.472. The lowest BCUT2D eigenvalue weighted by Crippen LogP contribution is -2.74. The smallest absolute Gasteiger partial charge is 0.449 e. The molecule has 0 bridgehead atoms. The van der Waals surface area contributed by atoms with E-state index in [2.05, 4.69) is 11.3 Å². The number of rotatable bonds is 2. The van der Waals surface area contributed by atoms with E-state index in [-0.39, 0.29) is 12.8 Å². The summed E-state index contributed by atoms with van der Waals surface area (Å²) in [4.78, 5) is 11.1. The van der Waals surface area contributed by atoms with Gasteiger partial charge in [-0.15, -0.1) is 0 Å². The minimum Gasteiger partial charge on any atom is -0.459 e. The second kappa shape index (κ2) is 5.67. The summed E-state index contributed by atoms with van der Waals surface area (Å²) in [5.74, 6) is -10.1. The van der Waals surface area contributed by atoms with Gasteiger partial charge in [0.05, 0.1) is 0 Å². The van der Waals surface area contributed by atoms with Gasteiger partial charge in [-0.2, -0.15) is 22.0 Å². The molecule has 1 heterocycles. The summed E-state index contributed by atoms with van der Waals surface area (Å²) in [6, 6.07) is 0. The molecule has 0 radical (unpaired) electrons. The number of halogens is 5. The van der Waals surface area contributed by atoms with Gasteiger partial charge >= 0.3 is 23.9 Å². The van der Waals surface area contributed by atoms with Gasteiger partial charge in [-0.05, 0) is 25.7 Å². The molecule has 2 aliphatic rings. The van der Waals surface area contributed by atoms with Crippen LogP contribution in [-0.4, -0.2) is 47.5 Å². The van der Waals surface area contributed by atoms with Crippen LogP contribution in [0.25, 0.3) is 0 Å². The molecule has 1 aliphatic heterocycles. The first-order valence-corrected chi connectivity index (χ1v) is 6.77. The highest BCUT2D eigenvalue weighted by molar-refractivity contribution is 5.81. The molecule has 1 saturated heterocycles. The number of carbonyl (C=O) groups is 1. The van der Waals surface area contributed by atoms with E-state index in [1.807, 2.05) is 0 Å². The van der Waals surface area contributed by atoms with Crippen molar-refractivity contribution in [2.24, 2.45) is 0 Å². The lowest BCUT2D eigenvalue weighted by Gasteiger charge is -2.52. The Morgan fingerprint density at radius 3 is 2.30 bits per heavy atom. The van der Waals surface area contributed by atoms with Crippen LogP contribution in [0.2, 0.25) is 0 Å². The molecular weight excluding hydrogens is 331 g/mol. The Labute approximate surface area is 128 Å². The number of alkyl halides is 5. The lowest BCUT2D eigenvalue weighted by molar-refractivity contribution is -0.504. The van der Waals surface area contributed by atoms with Gasteiger partial charge < -0.3 is 19.3 Å². The molecule has 132 valence electrons. The molecule has 1 aliphatic carbocycles. The van der Waals surface area contributed by atoms with Gasteiger partial charge in [0.1, 0.15) is 11.7 Å². The normalized spacial score (nSPS) is 37.4. The van der Waals surface area contributed by atoms with Gasteiger partial charge in [0.2, 0.25) is 0 Å². The van der Waals surface area contributed by atoms with Gasteiger partial charge in [-0.1, -0.05) is 6.58 Å². The molecule has 2 rings (SSSR count). The number of esters is 1. The first-order chi connectivity index (χ1) is 10.5. The summed E-state index contributed by atoms with van der Waals surface area (Å²) < 4.78 is 80.9. The average molecular weight is 346 g/mol. The van der Waals surface area contributed by atoms with E-state index in [0.717, 1.165) is 6.08 Å². The van der Waals surface area contributed by atoms with Gasteiger partial charge in [0, 0.05) is 6.08 Å². The van der Waals surface area contributed by atoms with Gasteiger partial charge in [0.15, 0.2) is 6.79 Å². The Balaban J connectivity index is 2.20. The van der Waals surface area contributed by atoms with Crippen LogP contribution in [0.5, 0.6) is 0 Å².